The fraction of sp³-hybridized carbons (Fsp3) is 0.500. The monoisotopic (exact) mass is 243 g/mol. The van der Waals surface area contributed by atoms with Crippen molar-refractivity contribution in [2.75, 3.05) is 6.79 Å². The molecule has 0 aromatic heterocycles. The second-order valence-corrected chi connectivity index (χ2v) is 4.32. The number of rotatable bonds is 3. The fourth-order valence-corrected chi connectivity index (χ4v) is 1.88. The van der Waals surface area contributed by atoms with Gasteiger partial charge in [0.05, 0.1) is 0 Å². The van der Waals surface area contributed by atoms with Gasteiger partial charge in [-0.05, 0) is 18.4 Å². The second kappa shape index (κ2) is 5.41. The Labute approximate surface area is 102 Å². The predicted octanol–water partition coefficient (Wildman–Crippen LogP) is 2.88. The quantitative estimate of drug-likeness (QED) is 0.888. The molecule has 90 valence electrons. The molecule has 2 rings (SSSR count). The molecule has 0 aliphatic carbocycles. The summed E-state index contributed by atoms with van der Waals surface area (Å²) in [6.07, 6.45) is 0.958. The zero-order chi connectivity index (χ0) is 10.8. The summed E-state index contributed by atoms with van der Waals surface area (Å²) in [7, 11) is 0. The zero-order valence-electron chi connectivity index (χ0n) is 9.60. The minimum Gasteiger partial charge on any atom is -0.454 e. The van der Waals surface area contributed by atoms with E-state index in [-0.39, 0.29) is 18.4 Å². The molecule has 0 amide bonds. The molecule has 3 nitrogen and oxygen atoms in total. The molecular weight excluding hydrogens is 226 g/mol. The number of hydrogen-bond donors (Lipinski definition) is 1. The Hall–Kier alpha value is -0.930. The SMILES string of the molecule is CC(C)C[C@H](N)c1cccc2c1OCO2.Cl. The third-order valence-electron chi connectivity index (χ3n) is 2.55. The van der Waals surface area contributed by atoms with E-state index in [0.29, 0.717) is 12.7 Å². The van der Waals surface area contributed by atoms with Crippen molar-refractivity contribution in [1.82, 2.24) is 0 Å². The Morgan fingerprint density at radius 2 is 2.06 bits per heavy atom. The van der Waals surface area contributed by atoms with Crippen molar-refractivity contribution in [1.29, 1.82) is 0 Å². The van der Waals surface area contributed by atoms with Gasteiger partial charge < -0.3 is 15.2 Å². The number of nitrogens with two attached hydrogens (primary N) is 1. The summed E-state index contributed by atoms with van der Waals surface area (Å²) in [6, 6.07) is 5.92. The van der Waals surface area contributed by atoms with Crippen LogP contribution in [0.5, 0.6) is 11.5 Å². The maximum absolute atomic E-state index is 6.13. The molecule has 16 heavy (non-hydrogen) atoms. The van der Waals surface area contributed by atoms with Crippen molar-refractivity contribution in [2.24, 2.45) is 11.7 Å². The molecule has 0 saturated heterocycles. The van der Waals surface area contributed by atoms with Gasteiger partial charge in [0.1, 0.15) is 0 Å². The lowest BCUT2D eigenvalue weighted by molar-refractivity contribution is 0.173. The van der Waals surface area contributed by atoms with Crippen LogP contribution in [0.3, 0.4) is 0 Å². The largest absolute Gasteiger partial charge is 0.454 e. The molecule has 1 aromatic rings. The van der Waals surface area contributed by atoms with Crippen LogP contribution in [0.25, 0.3) is 0 Å². The van der Waals surface area contributed by atoms with E-state index in [0.717, 1.165) is 23.5 Å². The minimum absolute atomic E-state index is 0. The maximum Gasteiger partial charge on any atom is 0.231 e. The fourth-order valence-electron chi connectivity index (χ4n) is 1.88. The lowest BCUT2D eigenvalue weighted by Crippen LogP contribution is -2.13. The summed E-state index contributed by atoms with van der Waals surface area (Å²) in [5, 5.41) is 0. The van der Waals surface area contributed by atoms with Gasteiger partial charge in [-0.25, -0.2) is 0 Å². The summed E-state index contributed by atoms with van der Waals surface area (Å²) in [4.78, 5) is 0. The van der Waals surface area contributed by atoms with Crippen molar-refractivity contribution in [3.8, 4) is 11.5 Å². The summed E-state index contributed by atoms with van der Waals surface area (Å²) in [5.74, 6) is 2.22. The molecule has 1 atom stereocenters. The number of hydrogen-bond acceptors (Lipinski definition) is 3. The van der Waals surface area contributed by atoms with Gasteiger partial charge in [-0.15, -0.1) is 12.4 Å². The van der Waals surface area contributed by atoms with Gasteiger partial charge in [0.15, 0.2) is 11.5 Å². The highest BCUT2D eigenvalue weighted by Crippen LogP contribution is 2.39. The number of halogens is 1. The molecule has 4 heteroatoms. The first-order chi connectivity index (χ1) is 7.18. The van der Waals surface area contributed by atoms with E-state index < -0.39 is 0 Å². The molecule has 1 aromatic carbocycles. The predicted molar refractivity (Wildman–Crippen MR) is 66.2 cm³/mol. The van der Waals surface area contributed by atoms with Crippen LogP contribution >= 0.6 is 12.4 Å². The minimum atomic E-state index is 0. The van der Waals surface area contributed by atoms with Gasteiger partial charge in [0.25, 0.3) is 0 Å². The lowest BCUT2D eigenvalue weighted by atomic mass is 9.97. The maximum atomic E-state index is 6.13. The van der Waals surface area contributed by atoms with Crippen LogP contribution < -0.4 is 15.2 Å². The molecule has 0 fully saturated rings. The van der Waals surface area contributed by atoms with Gasteiger partial charge in [0.2, 0.25) is 6.79 Å². The third-order valence-corrected chi connectivity index (χ3v) is 2.55. The molecule has 0 bridgehead atoms. The summed E-state index contributed by atoms with van der Waals surface area (Å²) in [6.45, 7) is 4.64. The van der Waals surface area contributed by atoms with E-state index in [4.69, 9.17) is 15.2 Å². The number of benzene rings is 1. The number of fused-ring (bicyclic) bond motifs is 1. The van der Waals surface area contributed by atoms with E-state index in [1.54, 1.807) is 0 Å². The van der Waals surface area contributed by atoms with Gasteiger partial charge >= 0.3 is 0 Å². The van der Waals surface area contributed by atoms with Crippen molar-refractivity contribution in [3.05, 3.63) is 23.8 Å². The van der Waals surface area contributed by atoms with E-state index in [1.807, 2.05) is 18.2 Å². The molecule has 1 aliphatic heterocycles. The molecule has 0 spiro atoms. The lowest BCUT2D eigenvalue weighted by Gasteiger charge is -2.16. The number of ether oxygens (including phenoxy) is 2. The van der Waals surface area contributed by atoms with Crippen LogP contribution in [0.2, 0.25) is 0 Å². The van der Waals surface area contributed by atoms with Crippen LogP contribution in [0.15, 0.2) is 18.2 Å². The normalized spacial score (nSPS) is 14.8. The Kier molecular flexibility index (Phi) is 4.44. The van der Waals surface area contributed by atoms with E-state index in [9.17, 15) is 0 Å². The Balaban J connectivity index is 0.00000128. The third kappa shape index (κ3) is 2.60. The van der Waals surface area contributed by atoms with Crippen LogP contribution in [-0.2, 0) is 0 Å². The second-order valence-electron chi connectivity index (χ2n) is 4.32. The molecule has 2 N–H and O–H groups in total. The average Bonchev–Trinajstić information content (AvgIpc) is 2.63. The van der Waals surface area contributed by atoms with Crippen LogP contribution in [0.1, 0.15) is 31.9 Å². The summed E-state index contributed by atoms with van der Waals surface area (Å²) in [5.41, 5.74) is 7.19. The standard InChI is InChI=1S/C12H17NO2.ClH/c1-8(2)6-10(13)9-4-3-5-11-12(9)15-7-14-11;/h3-5,8,10H,6-7,13H2,1-2H3;1H/t10-;/m0./s1. The number of para-hydroxylation sites is 1. The molecule has 0 saturated carbocycles. The van der Waals surface area contributed by atoms with Crippen LogP contribution in [0, 0.1) is 5.92 Å². The Bertz CT molecular complexity index is 355. The molecule has 0 radical (unpaired) electrons. The Morgan fingerprint density at radius 1 is 1.31 bits per heavy atom. The van der Waals surface area contributed by atoms with Crippen LogP contribution in [0.4, 0.5) is 0 Å². The smallest absolute Gasteiger partial charge is 0.231 e. The van der Waals surface area contributed by atoms with Gasteiger partial charge in [-0.2, -0.15) is 0 Å². The van der Waals surface area contributed by atoms with Crippen molar-refractivity contribution >= 4 is 12.4 Å². The summed E-state index contributed by atoms with van der Waals surface area (Å²) < 4.78 is 10.7. The average molecular weight is 244 g/mol. The Morgan fingerprint density at radius 3 is 2.75 bits per heavy atom. The van der Waals surface area contributed by atoms with E-state index >= 15 is 0 Å². The van der Waals surface area contributed by atoms with Gasteiger partial charge in [-0.3, -0.25) is 0 Å². The van der Waals surface area contributed by atoms with Crippen molar-refractivity contribution in [3.63, 3.8) is 0 Å². The molecule has 1 aliphatic rings. The zero-order valence-corrected chi connectivity index (χ0v) is 10.4. The van der Waals surface area contributed by atoms with Gasteiger partial charge in [0, 0.05) is 11.6 Å². The van der Waals surface area contributed by atoms with Crippen molar-refractivity contribution < 1.29 is 9.47 Å². The summed E-state index contributed by atoms with van der Waals surface area (Å²) >= 11 is 0. The van der Waals surface area contributed by atoms with E-state index in [1.165, 1.54) is 0 Å². The van der Waals surface area contributed by atoms with Crippen LogP contribution in [-0.4, -0.2) is 6.79 Å². The first-order valence-corrected chi connectivity index (χ1v) is 5.32. The highest BCUT2D eigenvalue weighted by molar-refractivity contribution is 5.85. The van der Waals surface area contributed by atoms with Gasteiger partial charge in [-0.1, -0.05) is 26.0 Å². The first kappa shape index (κ1) is 13.1. The molecule has 1 heterocycles. The topological polar surface area (TPSA) is 44.5 Å². The molecule has 0 unspecified atom stereocenters. The molecular formula is C12H18ClNO2. The first-order valence-electron chi connectivity index (χ1n) is 5.32. The van der Waals surface area contributed by atoms with Crippen molar-refractivity contribution in [2.45, 2.75) is 26.3 Å². The highest BCUT2D eigenvalue weighted by atomic mass is 35.5. The highest BCUT2D eigenvalue weighted by Gasteiger charge is 2.21. The van der Waals surface area contributed by atoms with E-state index in [2.05, 4.69) is 13.8 Å².